The zero-order valence-electron chi connectivity index (χ0n) is 17.4. The molecule has 0 aliphatic carbocycles. The Morgan fingerprint density at radius 3 is 2.62 bits per heavy atom. The predicted octanol–water partition coefficient (Wildman–Crippen LogP) is 3.43. The molecule has 3 atom stereocenters. The molecule has 3 rings (SSSR count). The number of nitrogens with one attached hydrogen (secondary N) is 1. The Kier molecular flexibility index (Phi) is 7.40. The molecule has 29 heavy (non-hydrogen) atoms. The van der Waals surface area contributed by atoms with Crippen LogP contribution in [-0.4, -0.2) is 35.5 Å². The minimum atomic E-state index is -0.208. The summed E-state index contributed by atoms with van der Waals surface area (Å²) in [5.41, 5.74) is 9.47. The molecule has 1 aliphatic heterocycles. The third kappa shape index (κ3) is 5.64. The fourth-order valence-electron chi connectivity index (χ4n) is 3.89. The van der Waals surface area contributed by atoms with Gasteiger partial charge < -0.3 is 11.1 Å². The molecular formula is C24H32FN3O. The van der Waals surface area contributed by atoms with Crippen molar-refractivity contribution in [3.63, 3.8) is 0 Å². The molecule has 156 valence electrons. The monoisotopic (exact) mass is 397 g/mol. The molecule has 4 nitrogen and oxygen atoms in total. The van der Waals surface area contributed by atoms with Crippen molar-refractivity contribution in [1.82, 2.24) is 10.2 Å². The summed E-state index contributed by atoms with van der Waals surface area (Å²) in [6, 6.07) is 14.9. The summed E-state index contributed by atoms with van der Waals surface area (Å²) in [5, 5.41) is 3.13. The maximum Gasteiger partial charge on any atom is 0.237 e. The van der Waals surface area contributed by atoms with Crippen LogP contribution in [0.15, 0.2) is 48.5 Å². The van der Waals surface area contributed by atoms with Crippen LogP contribution < -0.4 is 11.1 Å². The van der Waals surface area contributed by atoms with Gasteiger partial charge in [-0.05, 0) is 55.4 Å². The molecule has 1 heterocycles. The summed E-state index contributed by atoms with van der Waals surface area (Å²) in [7, 11) is 0. The van der Waals surface area contributed by atoms with Gasteiger partial charge in [-0.25, -0.2) is 4.39 Å². The lowest BCUT2D eigenvalue weighted by molar-refractivity contribution is -0.127. The zero-order chi connectivity index (χ0) is 20.8. The zero-order valence-corrected chi connectivity index (χ0v) is 17.4. The van der Waals surface area contributed by atoms with Gasteiger partial charge in [-0.2, -0.15) is 0 Å². The van der Waals surface area contributed by atoms with Gasteiger partial charge in [0.05, 0.1) is 6.04 Å². The minimum absolute atomic E-state index is 0.0801. The van der Waals surface area contributed by atoms with Gasteiger partial charge in [-0.15, -0.1) is 0 Å². The fourth-order valence-corrected chi connectivity index (χ4v) is 3.89. The summed E-state index contributed by atoms with van der Waals surface area (Å²) in [6.45, 7) is 5.55. The van der Waals surface area contributed by atoms with Crippen molar-refractivity contribution in [2.24, 2.45) is 5.73 Å². The highest BCUT2D eigenvalue weighted by Crippen LogP contribution is 2.24. The van der Waals surface area contributed by atoms with E-state index >= 15 is 0 Å². The molecule has 0 saturated carbocycles. The van der Waals surface area contributed by atoms with Crippen molar-refractivity contribution in [3.05, 3.63) is 71.0 Å². The van der Waals surface area contributed by atoms with Crippen LogP contribution in [0.4, 0.5) is 4.39 Å². The van der Waals surface area contributed by atoms with Gasteiger partial charge in [0.1, 0.15) is 5.82 Å². The number of carbonyl (C=O) groups excluding carboxylic acids is 1. The molecule has 0 aromatic heterocycles. The summed E-state index contributed by atoms with van der Waals surface area (Å²) in [5.74, 6) is -0.128. The number of hydrogen-bond donors (Lipinski definition) is 2. The molecule has 3 N–H and O–H groups in total. The highest BCUT2D eigenvalue weighted by molar-refractivity contribution is 5.82. The number of amides is 1. The van der Waals surface area contributed by atoms with Crippen molar-refractivity contribution < 1.29 is 9.18 Å². The van der Waals surface area contributed by atoms with E-state index in [-0.39, 0.29) is 29.8 Å². The Morgan fingerprint density at radius 2 is 1.90 bits per heavy atom. The molecule has 1 unspecified atom stereocenters. The van der Waals surface area contributed by atoms with Gasteiger partial charge in [0, 0.05) is 25.2 Å². The van der Waals surface area contributed by atoms with E-state index in [2.05, 4.69) is 29.3 Å². The summed E-state index contributed by atoms with van der Waals surface area (Å²) >= 11 is 0. The summed E-state index contributed by atoms with van der Waals surface area (Å²) < 4.78 is 13.9. The standard InChI is InChI=1S/C24H32FN3O/c1-3-17(2)27-24(29)23-15-18-8-4-5-10-20(18)16-28(23)13-12-21(26)14-19-9-6-7-11-22(19)25/h4-11,17,21,23H,3,12-16,26H2,1-2H3,(H,27,29)/t17?,21-,23-/m0/s1. The van der Waals surface area contributed by atoms with E-state index in [9.17, 15) is 9.18 Å². The Morgan fingerprint density at radius 1 is 1.21 bits per heavy atom. The lowest BCUT2D eigenvalue weighted by atomic mass is 9.92. The van der Waals surface area contributed by atoms with E-state index in [1.54, 1.807) is 12.1 Å². The molecule has 1 aliphatic rings. The molecule has 2 aromatic carbocycles. The molecule has 0 fully saturated rings. The first-order valence-corrected chi connectivity index (χ1v) is 10.6. The number of benzene rings is 2. The van der Waals surface area contributed by atoms with Crippen LogP contribution in [0.1, 0.15) is 43.4 Å². The van der Waals surface area contributed by atoms with E-state index < -0.39 is 0 Å². The minimum Gasteiger partial charge on any atom is -0.352 e. The van der Waals surface area contributed by atoms with Gasteiger partial charge in [0.2, 0.25) is 5.91 Å². The van der Waals surface area contributed by atoms with Crippen LogP contribution >= 0.6 is 0 Å². The summed E-state index contributed by atoms with van der Waals surface area (Å²) in [4.78, 5) is 15.2. The molecule has 1 amide bonds. The Balaban J connectivity index is 1.67. The number of nitrogens with zero attached hydrogens (tertiary/aromatic N) is 1. The van der Waals surface area contributed by atoms with Gasteiger partial charge >= 0.3 is 0 Å². The lowest BCUT2D eigenvalue weighted by Crippen LogP contribution is -2.52. The largest absolute Gasteiger partial charge is 0.352 e. The molecule has 2 aromatic rings. The fraction of sp³-hybridized carbons (Fsp3) is 0.458. The van der Waals surface area contributed by atoms with Crippen LogP contribution in [-0.2, 0) is 24.2 Å². The number of halogens is 1. The second-order valence-electron chi connectivity index (χ2n) is 8.12. The first-order chi connectivity index (χ1) is 14.0. The van der Waals surface area contributed by atoms with E-state index in [0.717, 1.165) is 13.0 Å². The lowest BCUT2D eigenvalue weighted by Gasteiger charge is -2.37. The average molecular weight is 398 g/mol. The SMILES string of the molecule is CCC(C)NC(=O)[C@@H]1Cc2ccccc2CN1CC[C@H](N)Cc1ccccc1F. The Bertz CT molecular complexity index is 825. The molecule has 5 heteroatoms. The molecule has 0 radical (unpaired) electrons. The van der Waals surface area contributed by atoms with Crippen molar-refractivity contribution >= 4 is 5.91 Å². The highest BCUT2D eigenvalue weighted by atomic mass is 19.1. The van der Waals surface area contributed by atoms with Crippen molar-refractivity contribution in [1.29, 1.82) is 0 Å². The quantitative estimate of drug-likeness (QED) is 0.718. The number of hydrogen-bond acceptors (Lipinski definition) is 3. The Hall–Kier alpha value is -2.24. The van der Waals surface area contributed by atoms with Gasteiger partial charge in [0.15, 0.2) is 0 Å². The van der Waals surface area contributed by atoms with Gasteiger partial charge in [0.25, 0.3) is 0 Å². The highest BCUT2D eigenvalue weighted by Gasteiger charge is 2.31. The number of nitrogens with two attached hydrogens (primary N) is 1. The number of carbonyl (C=O) groups is 1. The maximum absolute atomic E-state index is 13.9. The van der Waals surface area contributed by atoms with E-state index in [0.29, 0.717) is 31.4 Å². The van der Waals surface area contributed by atoms with Crippen LogP contribution in [0.2, 0.25) is 0 Å². The Labute approximate surface area is 173 Å². The maximum atomic E-state index is 13.9. The molecule has 0 bridgehead atoms. The molecule has 0 spiro atoms. The van der Waals surface area contributed by atoms with Crippen LogP contribution in [0.25, 0.3) is 0 Å². The van der Waals surface area contributed by atoms with Crippen molar-refractivity contribution in [2.45, 2.75) is 64.2 Å². The van der Waals surface area contributed by atoms with Crippen molar-refractivity contribution in [3.8, 4) is 0 Å². The van der Waals surface area contributed by atoms with E-state index in [4.69, 9.17) is 5.73 Å². The molecule has 0 saturated heterocycles. The second kappa shape index (κ2) is 9.99. The van der Waals surface area contributed by atoms with Gasteiger partial charge in [-0.3, -0.25) is 9.69 Å². The number of fused-ring (bicyclic) bond motifs is 1. The smallest absolute Gasteiger partial charge is 0.237 e. The van der Waals surface area contributed by atoms with Crippen LogP contribution in [0, 0.1) is 5.82 Å². The topological polar surface area (TPSA) is 58.4 Å². The van der Waals surface area contributed by atoms with Crippen LogP contribution in [0.5, 0.6) is 0 Å². The van der Waals surface area contributed by atoms with Gasteiger partial charge in [-0.1, -0.05) is 49.4 Å². The first-order valence-electron chi connectivity index (χ1n) is 10.6. The second-order valence-corrected chi connectivity index (χ2v) is 8.12. The third-order valence-corrected chi connectivity index (χ3v) is 5.88. The predicted molar refractivity (Wildman–Crippen MR) is 115 cm³/mol. The van der Waals surface area contributed by atoms with Crippen molar-refractivity contribution in [2.75, 3.05) is 6.54 Å². The first kappa shape index (κ1) is 21.5. The normalized spacial score (nSPS) is 18.7. The van der Waals surface area contributed by atoms with E-state index in [1.165, 1.54) is 17.2 Å². The number of rotatable bonds is 8. The average Bonchev–Trinajstić information content (AvgIpc) is 2.73. The summed E-state index contributed by atoms with van der Waals surface area (Å²) in [6.07, 6.45) is 2.83. The third-order valence-electron chi connectivity index (χ3n) is 5.88. The van der Waals surface area contributed by atoms with E-state index in [1.807, 2.05) is 25.1 Å². The molecular weight excluding hydrogens is 365 g/mol. The van der Waals surface area contributed by atoms with Crippen LogP contribution in [0.3, 0.4) is 0 Å².